The predicted octanol–water partition coefficient (Wildman–Crippen LogP) is 2.50. The summed E-state index contributed by atoms with van der Waals surface area (Å²) in [6.45, 7) is 3.58. The molecule has 0 unspecified atom stereocenters. The van der Waals surface area contributed by atoms with Crippen molar-refractivity contribution < 1.29 is 4.79 Å². The van der Waals surface area contributed by atoms with Crippen LogP contribution in [-0.2, 0) is 7.05 Å². The van der Waals surface area contributed by atoms with E-state index in [0.29, 0.717) is 33.5 Å². The first-order valence-electron chi connectivity index (χ1n) is 10.7. The third-order valence-electron chi connectivity index (χ3n) is 5.55. The first-order chi connectivity index (χ1) is 16.4. The molecule has 2 N–H and O–H groups in total. The molecule has 0 saturated heterocycles. The van der Waals surface area contributed by atoms with Crippen LogP contribution in [-0.4, -0.2) is 35.3 Å². The van der Waals surface area contributed by atoms with Crippen molar-refractivity contribution in [2.45, 2.75) is 19.9 Å². The number of pyridine rings is 1. The van der Waals surface area contributed by atoms with Crippen molar-refractivity contribution in [2.75, 3.05) is 0 Å². The number of hydrogen-bond donors (Lipinski definition) is 2. The summed E-state index contributed by atoms with van der Waals surface area (Å²) in [6, 6.07) is 8.68. The van der Waals surface area contributed by atoms with Crippen molar-refractivity contribution in [3.05, 3.63) is 93.6 Å². The highest BCUT2D eigenvalue weighted by Gasteiger charge is 2.21. The zero-order valence-corrected chi connectivity index (χ0v) is 18.8. The molecule has 0 aliphatic carbocycles. The Kier molecular flexibility index (Phi) is 5.18. The zero-order chi connectivity index (χ0) is 23.8. The van der Waals surface area contributed by atoms with Crippen LogP contribution >= 0.6 is 0 Å². The van der Waals surface area contributed by atoms with Gasteiger partial charge in [-0.25, -0.2) is 9.50 Å². The molecule has 0 radical (unpaired) electrons. The number of carbonyl (C=O) groups is 1. The maximum Gasteiger partial charge on any atom is 0.257 e. The number of rotatable bonds is 3. The highest BCUT2D eigenvalue weighted by molar-refractivity contribution is 6.01. The number of nitrogens with zero attached hydrogens (tertiary/aromatic N) is 5. The van der Waals surface area contributed by atoms with E-state index in [9.17, 15) is 9.59 Å². The van der Waals surface area contributed by atoms with Gasteiger partial charge in [0, 0.05) is 36.9 Å². The van der Waals surface area contributed by atoms with Crippen molar-refractivity contribution in [3.63, 3.8) is 0 Å². The molecule has 1 amide bonds. The lowest BCUT2D eigenvalue weighted by Crippen LogP contribution is -2.29. The number of fused-ring (bicyclic) bond motifs is 2. The standard InChI is InChI=1S/C25H21N7O2/c1-15(28-24(33)21-16(2)30-32-11-5-10-26-23(21)32)20-12-19-7-4-6-18(22(19)25(34)29-20)9-8-17-13-27-31(3)14-17/h4-7,10-15H,1-3H3,(H,28,33)(H,29,34)/t15-/m0/s1. The van der Waals surface area contributed by atoms with E-state index in [1.54, 1.807) is 40.8 Å². The Hall–Kier alpha value is -4.71. The summed E-state index contributed by atoms with van der Waals surface area (Å²) in [6.07, 6.45) is 6.84. The number of carbonyl (C=O) groups excluding carboxylic acids is 1. The van der Waals surface area contributed by atoms with Crippen LogP contribution < -0.4 is 10.9 Å². The Balaban J connectivity index is 1.46. The van der Waals surface area contributed by atoms with Crippen LogP contribution in [0.2, 0.25) is 0 Å². The van der Waals surface area contributed by atoms with E-state index >= 15 is 0 Å². The van der Waals surface area contributed by atoms with Crippen LogP contribution in [0.1, 0.15) is 45.8 Å². The Morgan fingerprint density at radius 3 is 2.88 bits per heavy atom. The largest absolute Gasteiger partial charge is 0.344 e. The SMILES string of the molecule is Cc1nn2cccnc2c1C(=O)N[C@@H](C)c1cc2cccc(C#Cc3cnn(C)c3)c2c(=O)[nH]1. The number of amides is 1. The highest BCUT2D eigenvalue weighted by atomic mass is 16.2. The summed E-state index contributed by atoms with van der Waals surface area (Å²) in [5, 5.41) is 12.6. The first-order valence-corrected chi connectivity index (χ1v) is 10.7. The second-order valence-corrected chi connectivity index (χ2v) is 8.02. The normalized spacial score (nSPS) is 11.9. The van der Waals surface area contributed by atoms with Gasteiger partial charge in [-0.05, 0) is 37.4 Å². The van der Waals surface area contributed by atoms with Gasteiger partial charge in [0.25, 0.3) is 11.5 Å². The molecule has 4 aromatic heterocycles. The molecule has 0 saturated carbocycles. The molecule has 168 valence electrons. The average molecular weight is 451 g/mol. The van der Waals surface area contributed by atoms with Gasteiger partial charge in [-0.3, -0.25) is 14.3 Å². The van der Waals surface area contributed by atoms with Gasteiger partial charge in [-0.2, -0.15) is 10.2 Å². The molecule has 1 atom stereocenters. The van der Waals surface area contributed by atoms with Crippen molar-refractivity contribution in [1.82, 2.24) is 34.7 Å². The van der Waals surface area contributed by atoms with Gasteiger partial charge in [0.2, 0.25) is 0 Å². The minimum absolute atomic E-state index is 0.265. The number of hydrogen-bond acceptors (Lipinski definition) is 5. The van der Waals surface area contributed by atoms with Crippen LogP contribution in [0.25, 0.3) is 16.4 Å². The quantitative estimate of drug-likeness (QED) is 0.410. The van der Waals surface area contributed by atoms with Crippen molar-refractivity contribution in [3.8, 4) is 11.8 Å². The van der Waals surface area contributed by atoms with E-state index in [4.69, 9.17) is 0 Å². The molecule has 0 spiro atoms. The Morgan fingerprint density at radius 2 is 2.09 bits per heavy atom. The lowest BCUT2D eigenvalue weighted by Gasteiger charge is -2.15. The minimum Gasteiger partial charge on any atom is -0.344 e. The summed E-state index contributed by atoms with van der Waals surface area (Å²) in [5.74, 6) is 5.81. The van der Waals surface area contributed by atoms with Gasteiger partial charge in [-0.1, -0.05) is 24.0 Å². The smallest absolute Gasteiger partial charge is 0.257 e. The van der Waals surface area contributed by atoms with E-state index in [1.165, 1.54) is 0 Å². The molecule has 5 aromatic rings. The van der Waals surface area contributed by atoms with E-state index in [1.807, 2.05) is 44.4 Å². The minimum atomic E-state index is -0.451. The van der Waals surface area contributed by atoms with E-state index in [2.05, 4.69) is 37.3 Å². The third-order valence-corrected chi connectivity index (χ3v) is 5.55. The highest BCUT2D eigenvalue weighted by Crippen LogP contribution is 2.20. The molecule has 0 aliphatic heterocycles. The average Bonchev–Trinajstić information content (AvgIpc) is 3.38. The van der Waals surface area contributed by atoms with Gasteiger partial charge in [0.1, 0.15) is 5.56 Å². The Morgan fingerprint density at radius 1 is 1.24 bits per heavy atom. The maximum atomic E-state index is 13.0. The number of nitrogens with one attached hydrogen (secondary N) is 2. The van der Waals surface area contributed by atoms with Gasteiger partial charge in [-0.15, -0.1) is 0 Å². The second-order valence-electron chi connectivity index (χ2n) is 8.02. The molecule has 0 fully saturated rings. The van der Waals surface area contributed by atoms with E-state index in [-0.39, 0.29) is 11.5 Å². The fourth-order valence-corrected chi connectivity index (χ4v) is 3.91. The number of aryl methyl sites for hydroxylation is 2. The lowest BCUT2D eigenvalue weighted by molar-refractivity contribution is 0.0940. The molecule has 5 rings (SSSR count). The number of H-pyrrole nitrogens is 1. The summed E-state index contributed by atoms with van der Waals surface area (Å²) in [4.78, 5) is 33.2. The molecular weight excluding hydrogens is 430 g/mol. The molecule has 34 heavy (non-hydrogen) atoms. The van der Waals surface area contributed by atoms with Gasteiger partial charge >= 0.3 is 0 Å². The first kappa shape index (κ1) is 21.2. The topological polar surface area (TPSA) is 110 Å². The van der Waals surface area contributed by atoms with Gasteiger partial charge < -0.3 is 10.3 Å². The summed E-state index contributed by atoms with van der Waals surface area (Å²) < 4.78 is 3.24. The van der Waals surface area contributed by atoms with Crippen molar-refractivity contribution in [1.29, 1.82) is 0 Å². The molecule has 0 aliphatic rings. The van der Waals surface area contributed by atoms with Crippen LogP contribution in [0.4, 0.5) is 0 Å². The Labute approximate surface area is 194 Å². The van der Waals surface area contributed by atoms with Crippen molar-refractivity contribution >= 4 is 22.3 Å². The summed E-state index contributed by atoms with van der Waals surface area (Å²) >= 11 is 0. The number of aromatic amines is 1. The van der Waals surface area contributed by atoms with Crippen LogP contribution in [0, 0.1) is 18.8 Å². The molecule has 4 heterocycles. The fourth-order valence-electron chi connectivity index (χ4n) is 3.91. The Bertz CT molecular complexity index is 1680. The second kappa shape index (κ2) is 8.33. The van der Waals surface area contributed by atoms with Crippen LogP contribution in [0.3, 0.4) is 0 Å². The summed E-state index contributed by atoms with van der Waals surface area (Å²) in [5.41, 5.74) is 3.17. The van der Waals surface area contributed by atoms with Crippen LogP contribution in [0.5, 0.6) is 0 Å². The van der Waals surface area contributed by atoms with Gasteiger partial charge in [0.15, 0.2) is 5.65 Å². The number of benzene rings is 1. The maximum absolute atomic E-state index is 13.0. The predicted molar refractivity (Wildman–Crippen MR) is 127 cm³/mol. The molecular formula is C25H21N7O2. The monoisotopic (exact) mass is 451 g/mol. The molecule has 0 bridgehead atoms. The van der Waals surface area contributed by atoms with E-state index < -0.39 is 6.04 Å². The molecule has 1 aromatic carbocycles. The lowest BCUT2D eigenvalue weighted by atomic mass is 10.0. The number of aromatic nitrogens is 6. The molecule has 9 nitrogen and oxygen atoms in total. The van der Waals surface area contributed by atoms with Crippen molar-refractivity contribution in [2.24, 2.45) is 7.05 Å². The zero-order valence-electron chi connectivity index (χ0n) is 18.8. The molecule has 9 heteroatoms. The van der Waals surface area contributed by atoms with Crippen LogP contribution in [0.15, 0.2) is 59.9 Å². The van der Waals surface area contributed by atoms with Gasteiger partial charge in [0.05, 0.1) is 28.9 Å². The fraction of sp³-hybridized carbons (Fsp3) is 0.160. The summed E-state index contributed by atoms with van der Waals surface area (Å²) in [7, 11) is 1.82. The van der Waals surface area contributed by atoms with E-state index in [0.717, 1.165) is 10.9 Å². The third kappa shape index (κ3) is 3.82.